The number of hydrogen-bond donors (Lipinski definition) is 0. The zero-order valence-electron chi connectivity index (χ0n) is 10.6. The summed E-state index contributed by atoms with van der Waals surface area (Å²) in [7, 11) is 0. The molecule has 0 aliphatic rings. The zero-order valence-corrected chi connectivity index (χ0v) is 10.6. The molecule has 1 aromatic heterocycles. The highest BCUT2D eigenvalue weighted by atomic mass is 16.6. The van der Waals surface area contributed by atoms with Gasteiger partial charge in [0.25, 0.3) is 0 Å². The molecule has 0 saturated carbocycles. The highest BCUT2D eigenvalue weighted by Crippen LogP contribution is 2.09. The second kappa shape index (κ2) is 5.53. The number of nitrogens with zero attached hydrogens (tertiary/aromatic N) is 1. The van der Waals surface area contributed by atoms with Crippen LogP contribution in [0.2, 0.25) is 0 Å². The van der Waals surface area contributed by atoms with E-state index in [4.69, 9.17) is 4.74 Å². The summed E-state index contributed by atoms with van der Waals surface area (Å²) in [5.41, 5.74) is -0.395. The quantitative estimate of drug-likeness (QED) is 0.350. The van der Waals surface area contributed by atoms with Crippen LogP contribution in [-0.4, -0.2) is 28.1 Å². The maximum absolute atomic E-state index is 11.7. The van der Waals surface area contributed by atoms with Gasteiger partial charge < -0.3 is 4.74 Å². The molecule has 0 radical (unpaired) electrons. The molecule has 0 N–H and O–H groups in total. The van der Waals surface area contributed by atoms with Crippen molar-refractivity contribution in [1.29, 1.82) is 0 Å². The Kier molecular flexibility index (Phi) is 4.31. The molecule has 0 fully saturated rings. The van der Waals surface area contributed by atoms with E-state index < -0.39 is 29.6 Å². The number of rotatable bonds is 4. The Morgan fingerprint density at radius 3 is 2.22 bits per heavy atom. The van der Waals surface area contributed by atoms with Crippen LogP contribution in [0.5, 0.6) is 0 Å². The Morgan fingerprint density at radius 2 is 1.72 bits per heavy atom. The lowest BCUT2D eigenvalue weighted by Crippen LogP contribution is -2.30. The minimum absolute atomic E-state index is 0.349. The first kappa shape index (κ1) is 14.0. The summed E-state index contributed by atoms with van der Waals surface area (Å²) < 4.78 is 4.88. The van der Waals surface area contributed by atoms with Gasteiger partial charge in [-0.25, -0.2) is 4.79 Å². The van der Waals surface area contributed by atoms with Gasteiger partial charge in [0.1, 0.15) is 5.60 Å². The fourth-order valence-electron chi connectivity index (χ4n) is 1.19. The average molecular weight is 249 g/mol. The molecule has 0 amide bonds. The summed E-state index contributed by atoms with van der Waals surface area (Å²) in [6.45, 7) is 4.97. The largest absolute Gasteiger partial charge is 0.454 e. The van der Waals surface area contributed by atoms with E-state index in [1.54, 1.807) is 20.8 Å². The fraction of sp³-hybridized carbons (Fsp3) is 0.385. The van der Waals surface area contributed by atoms with Crippen LogP contribution in [0.15, 0.2) is 24.5 Å². The second-order valence-electron chi connectivity index (χ2n) is 4.76. The molecule has 1 aromatic rings. The van der Waals surface area contributed by atoms with Crippen LogP contribution >= 0.6 is 0 Å². The van der Waals surface area contributed by atoms with Crippen molar-refractivity contribution in [2.75, 3.05) is 0 Å². The Morgan fingerprint density at radius 1 is 1.17 bits per heavy atom. The molecule has 0 aromatic carbocycles. The molecule has 1 rings (SSSR count). The Bertz CT molecular complexity index is 460. The summed E-state index contributed by atoms with van der Waals surface area (Å²) in [6.07, 6.45) is 2.41. The van der Waals surface area contributed by atoms with E-state index in [0.29, 0.717) is 5.56 Å². The van der Waals surface area contributed by atoms with Gasteiger partial charge >= 0.3 is 5.97 Å². The predicted octanol–water partition coefficient (Wildman–Crippen LogP) is 1.57. The minimum atomic E-state index is -0.982. The first-order valence-electron chi connectivity index (χ1n) is 5.49. The van der Waals surface area contributed by atoms with E-state index in [1.807, 2.05) is 0 Å². The molecule has 0 bridgehead atoms. The topological polar surface area (TPSA) is 73.3 Å². The van der Waals surface area contributed by atoms with E-state index in [9.17, 15) is 14.4 Å². The number of pyridine rings is 1. The Balaban J connectivity index is 2.61. The van der Waals surface area contributed by atoms with Gasteiger partial charge in [0, 0.05) is 18.0 Å². The number of carbonyl (C=O) groups is 3. The third-order valence-corrected chi connectivity index (χ3v) is 1.95. The van der Waals surface area contributed by atoms with E-state index in [2.05, 4.69) is 4.98 Å². The third-order valence-electron chi connectivity index (χ3n) is 1.95. The van der Waals surface area contributed by atoms with Crippen molar-refractivity contribution in [3.05, 3.63) is 30.1 Å². The monoisotopic (exact) mass is 249 g/mol. The molecular weight excluding hydrogens is 234 g/mol. The molecule has 1 heterocycles. The molecule has 5 nitrogen and oxygen atoms in total. The molecule has 0 saturated heterocycles. The number of Topliss-reactive ketones (excluding diaryl/α,β-unsaturated/α-hetero) is 2. The number of hydrogen-bond acceptors (Lipinski definition) is 5. The zero-order chi connectivity index (χ0) is 13.8. The van der Waals surface area contributed by atoms with Gasteiger partial charge in [-0.3, -0.25) is 14.6 Å². The van der Waals surface area contributed by atoms with Crippen molar-refractivity contribution in [2.45, 2.75) is 32.8 Å². The molecule has 96 valence electrons. The second-order valence-corrected chi connectivity index (χ2v) is 4.76. The van der Waals surface area contributed by atoms with Crippen LogP contribution in [0.25, 0.3) is 0 Å². The summed E-state index contributed by atoms with van der Waals surface area (Å²) in [6, 6.07) is 2.98. The lowest BCUT2D eigenvalue weighted by Gasteiger charge is -2.18. The molecule has 0 atom stereocenters. The van der Waals surface area contributed by atoms with E-state index in [1.165, 1.54) is 24.5 Å². The normalized spacial score (nSPS) is 10.8. The van der Waals surface area contributed by atoms with E-state index in [-0.39, 0.29) is 0 Å². The first-order valence-corrected chi connectivity index (χ1v) is 5.49. The van der Waals surface area contributed by atoms with E-state index >= 15 is 0 Å². The maximum atomic E-state index is 11.7. The highest BCUT2D eigenvalue weighted by molar-refractivity contribution is 6.38. The van der Waals surface area contributed by atoms with Crippen LogP contribution in [0.4, 0.5) is 0 Å². The van der Waals surface area contributed by atoms with Gasteiger partial charge in [0.2, 0.25) is 5.78 Å². The van der Waals surface area contributed by atoms with Crippen molar-refractivity contribution >= 4 is 17.5 Å². The van der Waals surface area contributed by atoms with Gasteiger partial charge in [-0.2, -0.15) is 0 Å². The molecular formula is C13H15NO4. The lowest BCUT2D eigenvalue weighted by molar-refractivity contribution is -0.162. The fourth-order valence-corrected chi connectivity index (χ4v) is 1.19. The number of ether oxygens (including phenoxy) is 1. The van der Waals surface area contributed by atoms with Gasteiger partial charge in [-0.1, -0.05) is 0 Å². The van der Waals surface area contributed by atoms with Gasteiger partial charge in [-0.05, 0) is 32.9 Å². The number of ketones is 2. The van der Waals surface area contributed by atoms with Gasteiger partial charge in [0.05, 0.1) is 6.42 Å². The van der Waals surface area contributed by atoms with Crippen LogP contribution in [0, 0.1) is 0 Å². The van der Waals surface area contributed by atoms with Crippen molar-refractivity contribution in [3.8, 4) is 0 Å². The van der Waals surface area contributed by atoms with Crippen LogP contribution in [0.3, 0.4) is 0 Å². The predicted molar refractivity (Wildman–Crippen MR) is 64.0 cm³/mol. The molecule has 0 aliphatic heterocycles. The lowest BCUT2D eigenvalue weighted by atomic mass is 10.1. The molecule has 0 unspecified atom stereocenters. The standard InChI is InChI=1S/C13H15NO4/c1-13(2,3)18-12(17)11(16)8-10(15)9-4-6-14-7-5-9/h4-7H,8H2,1-3H3. The maximum Gasteiger partial charge on any atom is 0.375 e. The van der Waals surface area contributed by atoms with Crippen molar-refractivity contribution in [2.24, 2.45) is 0 Å². The Labute approximate surface area is 105 Å². The minimum Gasteiger partial charge on any atom is -0.454 e. The van der Waals surface area contributed by atoms with Crippen molar-refractivity contribution < 1.29 is 19.1 Å². The molecule has 0 aliphatic carbocycles. The smallest absolute Gasteiger partial charge is 0.375 e. The first-order chi connectivity index (χ1) is 8.29. The average Bonchev–Trinajstić information content (AvgIpc) is 2.27. The Hall–Kier alpha value is -2.04. The van der Waals surface area contributed by atoms with Gasteiger partial charge in [-0.15, -0.1) is 0 Å². The number of esters is 1. The summed E-state index contributed by atoms with van der Waals surface area (Å²) in [5.74, 6) is -2.25. The van der Waals surface area contributed by atoms with Crippen LogP contribution < -0.4 is 0 Å². The summed E-state index contributed by atoms with van der Waals surface area (Å²) in [4.78, 5) is 38.3. The molecule has 18 heavy (non-hydrogen) atoms. The number of aromatic nitrogens is 1. The summed E-state index contributed by atoms with van der Waals surface area (Å²) >= 11 is 0. The molecule has 0 spiro atoms. The summed E-state index contributed by atoms with van der Waals surface area (Å²) in [5, 5.41) is 0. The highest BCUT2D eigenvalue weighted by Gasteiger charge is 2.24. The van der Waals surface area contributed by atoms with Crippen LogP contribution in [0.1, 0.15) is 37.6 Å². The third kappa shape index (κ3) is 4.45. The van der Waals surface area contributed by atoms with Crippen LogP contribution in [-0.2, 0) is 14.3 Å². The van der Waals surface area contributed by atoms with Crippen molar-refractivity contribution in [1.82, 2.24) is 4.98 Å². The van der Waals surface area contributed by atoms with Crippen molar-refractivity contribution in [3.63, 3.8) is 0 Å². The number of carbonyl (C=O) groups excluding carboxylic acids is 3. The molecule has 5 heteroatoms. The SMILES string of the molecule is CC(C)(C)OC(=O)C(=O)CC(=O)c1ccncc1. The van der Waals surface area contributed by atoms with Gasteiger partial charge in [0.15, 0.2) is 5.78 Å². The van der Waals surface area contributed by atoms with E-state index in [0.717, 1.165) is 0 Å².